The SMILES string of the molecule is Cc1ncsc1Cn1c(CCCl)nc2ccc(C#N)cc21. The van der Waals surface area contributed by atoms with E-state index < -0.39 is 0 Å². The molecular formula is C15H13ClN4S. The predicted octanol–water partition coefficient (Wildman–Crippen LogP) is 3.50. The van der Waals surface area contributed by atoms with Crippen LogP contribution in [-0.4, -0.2) is 20.4 Å². The molecule has 0 spiro atoms. The number of aromatic nitrogens is 3. The molecule has 0 N–H and O–H groups in total. The van der Waals surface area contributed by atoms with Gasteiger partial charge < -0.3 is 4.57 Å². The standard InChI is InChI=1S/C15H13ClN4S/c1-10-14(21-9-18-10)8-20-13-6-11(7-17)2-3-12(13)19-15(20)4-5-16/h2-3,6,9H,4-5,8H2,1H3. The normalized spacial score (nSPS) is 10.9. The van der Waals surface area contributed by atoms with Gasteiger partial charge in [0, 0.05) is 17.2 Å². The Labute approximate surface area is 131 Å². The number of aryl methyl sites for hydroxylation is 2. The van der Waals surface area contributed by atoms with Gasteiger partial charge in [-0.2, -0.15) is 5.26 Å². The van der Waals surface area contributed by atoms with Gasteiger partial charge in [-0.05, 0) is 25.1 Å². The Bertz CT molecular complexity index is 828. The number of benzene rings is 1. The highest BCUT2D eigenvalue weighted by Crippen LogP contribution is 2.22. The van der Waals surface area contributed by atoms with Crippen LogP contribution in [0.3, 0.4) is 0 Å². The van der Waals surface area contributed by atoms with Crippen LogP contribution in [0.15, 0.2) is 23.7 Å². The molecule has 0 saturated carbocycles. The zero-order chi connectivity index (χ0) is 14.8. The van der Waals surface area contributed by atoms with E-state index in [4.69, 9.17) is 16.9 Å². The summed E-state index contributed by atoms with van der Waals surface area (Å²) in [5.74, 6) is 1.47. The third-order valence-electron chi connectivity index (χ3n) is 3.42. The molecule has 21 heavy (non-hydrogen) atoms. The third kappa shape index (κ3) is 2.65. The lowest BCUT2D eigenvalue weighted by Crippen LogP contribution is -2.06. The van der Waals surface area contributed by atoms with E-state index in [-0.39, 0.29) is 0 Å². The molecule has 4 nitrogen and oxygen atoms in total. The fraction of sp³-hybridized carbons (Fsp3) is 0.267. The maximum absolute atomic E-state index is 9.09. The smallest absolute Gasteiger partial charge is 0.111 e. The van der Waals surface area contributed by atoms with Gasteiger partial charge in [0.2, 0.25) is 0 Å². The molecule has 2 heterocycles. The molecule has 0 fully saturated rings. The molecule has 0 aliphatic heterocycles. The average molecular weight is 317 g/mol. The number of halogens is 1. The van der Waals surface area contributed by atoms with Crippen molar-refractivity contribution in [3.05, 3.63) is 45.7 Å². The fourth-order valence-electron chi connectivity index (χ4n) is 2.32. The molecule has 0 aliphatic rings. The van der Waals surface area contributed by atoms with Crippen molar-refractivity contribution in [2.75, 3.05) is 5.88 Å². The Morgan fingerprint density at radius 1 is 1.43 bits per heavy atom. The zero-order valence-electron chi connectivity index (χ0n) is 11.5. The largest absolute Gasteiger partial charge is 0.323 e. The van der Waals surface area contributed by atoms with Crippen molar-refractivity contribution < 1.29 is 0 Å². The number of imidazole rings is 1. The zero-order valence-corrected chi connectivity index (χ0v) is 13.1. The van der Waals surface area contributed by atoms with Crippen LogP contribution in [0, 0.1) is 18.3 Å². The topological polar surface area (TPSA) is 54.5 Å². The Kier molecular flexibility index (Phi) is 3.91. The highest BCUT2D eigenvalue weighted by Gasteiger charge is 2.13. The molecule has 0 bridgehead atoms. The van der Waals surface area contributed by atoms with Gasteiger partial charge in [0.15, 0.2) is 0 Å². The molecule has 3 aromatic rings. The molecule has 0 radical (unpaired) electrons. The summed E-state index contributed by atoms with van der Waals surface area (Å²) < 4.78 is 2.14. The summed E-state index contributed by atoms with van der Waals surface area (Å²) in [4.78, 5) is 10.1. The lowest BCUT2D eigenvalue weighted by molar-refractivity contribution is 0.758. The van der Waals surface area contributed by atoms with E-state index in [1.165, 1.54) is 4.88 Å². The Hall–Kier alpha value is -1.90. The second-order valence-electron chi connectivity index (χ2n) is 4.73. The monoisotopic (exact) mass is 316 g/mol. The van der Waals surface area contributed by atoms with E-state index in [2.05, 4.69) is 20.6 Å². The lowest BCUT2D eigenvalue weighted by Gasteiger charge is -2.07. The Balaban J connectivity index is 2.14. The highest BCUT2D eigenvalue weighted by atomic mass is 35.5. The first-order valence-corrected chi connectivity index (χ1v) is 7.98. The first-order chi connectivity index (χ1) is 10.2. The number of fused-ring (bicyclic) bond motifs is 1. The summed E-state index contributed by atoms with van der Waals surface area (Å²) in [5.41, 5.74) is 5.40. The number of hydrogen-bond acceptors (Lipinski definition) is 4. The van der Waals surface area contributed by atoms with Crippen LogP contribution in [0.5, 0.6) is 0 Å². The summed E-state index contributed by atoms with van der Waals surface area (Å²) in [6.07, 6.45) is 0.704. The minimum Gasteiger partial charge on any atom is -0.323 e. The summed E-state index contributed by atoms with van der Waals surface area (Å²) in [7, 11) is 0. The molecule has 0 atom stereocenters. The van der Waals surface area contributed by atoms with Gasteiger partial charge in [-0.25, -0.2) is 9.97 Å². The van der Waals surface area contributed by atoms with Crippen molar-refractivity contribution in [3.63, 3.8) is 0 Å². The van der Waals surface area contributed by atoms with Crippen LogP contribution in [0.2, 0.25) is 0 Å². The molecule has 2 aromatic heterocycles. The van der Waals surface area contributed by atoms with E-state index in [0.29, 0.717) is 24.4 Å². The average Bonchev–Trinajstić information content (AvgIpc) is 3.04. The summed E-state index contributed by atoms with van der Waals surface area (Å²) in [6.45, 7) is 2.72. The quantitative estimate of drug-likeness (QED) is 0.692. The van der Waals surface area contributed by atoms with Crippen molar-refractivity contribution in [2.45, 2.75) is 19.9 Å². The van der Waals surface area contributed by atoms with Crippen LogP contribution in [0.4, 0.5) is 0 Å². The van der Waals surface area contributed by atoms with E-state index in [0.717, 1.165) is 22.6 Å². The van der Waals surface area contributed by atoms with Gasteiger partial charge in [0.25, 0.3) is 0 Å². The van der Waals surface area contributed by atoms with E-state index in [1.54, 1.807) is 17.4 Å². The van der Waals surface area contributed by atoms with Gasteiger partial charge in [-0.15, -0.1) is 22.9 Å². The van der Waals surface area contributed by atoms with Gasteiger partial charge in [-0.3, -0.25) is 0 Å². The van der Waals surface area contributed by atoms with Crippen molar-refractivity contribution in [1.82, 2.24) is 14.5 Å². The summed E-state index contributed by atoms with van der Waals surface area (Å²) in [5, 5.41) is 9.09. The number of hydrogen-bond donors (Lipinski definition) is 0. The van der Waals surface area contributed by atoms with Gasteiger partial charge in [0.05, 0.1) is 40.4 Å². The molecule has 6 heteroatoms. The van der Waals surface area contributed by atoms with Crippen LogP contribution < -0.4 is 0 Å². The van der Waals surface area contributed by atoms with Crippen molar-refractivity contribution in [1.29, 1.82) is 5.26 Å². The molecule has 0 saturated heterocycles. The minimum atomic E-state index is 0.524. The van der Waals surface area contributed by atoms with Crippen molar-refractivity contribution in [3.8, 4) is 6.07 Å². The summed E-state index contributed by atoms with van der Waals surface area (Å²) >= 11 is 7.53. The second kappa shape index (κ2) is 5.84. The van der Waals surface area contributed by atoms with Crippen LogP contribution >= 0.6 is 22.9 Å². The van der Waals surface area contributed by atoms with E-state index in [1.807, 2.05) is 24.6 Å². The summed E-state index contributed by atoms with van der Waals surface area (Å²) in [6, 6.07) is 7.75. The van der Waals surface area contributed by atoms with Gasteiger partial charge >= 0.3 is 0 Å². The molecule has 0 amide bonds. The number of nitriles is 1. The molecule has 106 valence electrons. The van der Waals surface area contributed by atoms with Gasteiger partial charge in [-0.1, -0.05) is 0 Å². The molecular weight excluding hydrogens is 304 g/mol. The van der Waals surface area contributed by atoms with Crippen LogP contribution in [-0.2, 0) is 13.0 Å². The van der Waals surface area contributed by atoms with E-state index >= 15 is 0 Å². The van der Waals surface area contributed by atoms with Crippen LogP contribution in [0.25, 0.3) is 11.0 Å². The van der Waals surface area contributed by atoms with Gasteiger partial charge in [0.1, 0.15) is 5.82 Å². The van der Waals surface area contributed by atoms with Crippen LogP contribution in [0.1, 0.15) is 22.0 Å². The minimum absolute atomic E-state index is 0.524. The van der Waals surface area contributed by atoms with Crippen molar-refractivity contribution >= 4 is 34.0 Å². The molecule has 0 unspecified atom stereocenters. The Morgan fingerprint density at radius 3 is 2.95 bits per heavy atom. The first-order valence-electron chi connectivity index (χ1n) is 6.57. The number of nitrogens with zero attached hydrogens (tertiary/aromatic N) is 4. The van der Waals surface area contributed by atoms with E-state index in [9.17, 15) is 0 Å². The molecule has 0 aliphatic carbocycles. The highest BCUT2D eigenvalue weighted by molar-refractivity contribution is 7.09. The molecule has 3 rings (SSSR count). The number of thiazole rings is 1. The first kappa shape index (κ1) is 14.1. The van der Waals surface area contributed by atoms with Crippen molar-refractivity contribution in [2.24, 2.45) is 0 Å². The predicted molar refractivity (Wildman–Crippen MR) is 84.8 cm³/mol. The maximum Gasteiger partial charge on any atom is 0.111 e. The number of rotatable bonds is 4. The molecule has 1 aromatic carbocycles. The maximum atomic E-state index is 9.09. The lowest BCUT2D eigenvalue weighted by atomic mass is 10.2. The number of alkyl halides is 1. The second-order valence-corrected chi connectivity index (χ2v) is 6.05. The Morgan fingerprint density at radius 2 is 2.29 bits per heavy atom. The fourth-order valence-corrected chi connectivity index (χ4v) is 3.25. The third-order valence-corrected chi connectivity index (χ3v) is 4.53.